The molecule has 0 saturated carbocycles. The number of alkyl halides is 1. The molecule has 0 unspecified atom stereocenters. The number of hydrogen-bond acceptors (Lipinski definition) is 3. The number of halogens is 2. The van der Waals surface area contributed by atoms with Gasteiger partial charge in [0.1, 0.15) is 10.8 Å². The molecule has 1 aromatic heterocycles. The number of rotatable bonds is 4. The molecule has 20 heavy (non-hydrogen) atoms. The lowest BCUT2D eigenvalue weighted by molar-refractivity contribution is -0.0161. The van der Waals surface area contributed by atoms with E-state index in [1.807, 2.05) is 32.2 Å². The summed E-state index contributed by atoms with van der Waals surface area (Å²) in [6.07, 6.45) is 0. The first-order chi connectivity index (χ1) is 9.39. The van der Waals surface area contributed by atoms with Gasteiger partial charge in [-0.1, -0.05) is 12.1 Å². The van der Waals surface area contributed by atoms with Crippen LogP contribution in [0.5, 0.6) is 0 Å². The van der Waals surface area contributed by atoms with Gasteiger partial charge in [-0.05, 0) is 26.8 Å². The van der Waals surface area contributed by atoms with Crippen LogP contribution in [0.25, 0.3) is 10.6 Å². The Labute approximate surface area is 127 Å². The molecular weight excluding hydrogens is 297 g/mol. The molecular formula is C15H17ClFNOS. The number of nitrogens with zero attached hydrogens (tertiary/aromatic N) is 1. The molecule has 1 heterocycles. The summed E-state index contributed by atoms with van der Waals surface area (Å²) < 4.78 is 19.7. The second-order valence-electron chi connectivity index (χ2n) is 5.48. The Hall–Kier alpha value is -0.970. The fourth-order valence-corrected chi connectivity index (χ4v) is 2.64. The summed E-state index contributed by atoms with van der Waals surface area (Å²) in [5.41, 5.74) is 1.85. The quantitative estimate of drug-likeness (QED) is 0.741. The average Bonchev–Trinajstić information content (AvgIpc) is 2.85. The van der Waals surface area contributed by atoms with Gasteiger partial charge in [0.15, 0.2) is 0 Å². The highest BCUT2D eigenvalue weighted by Gasteiger charge is 2.13. The molecule has 0 bridgehead atoms. The molecule has 0 fully saturated rings. The smallest absolute Gasteiger partial charge is 0.129 e. The van der Waals surface area contributed by atoms with Crippen LogP contribution in [-0.2, 0) is 17.2 Å². The third-order valence-corrected chi connectivity index (χ3v) is 3.86. The molecule has 0 saturated heterocycles. The largest absolute Gasteiger partial charge is 0.371 e. The van der Waals surface area contributed by atoms with Gasteiger partial charge in [-0.3, -0.25) is 0 Å². The molecule has 0 aliphatic heterocycles. The highest BCUT2D eigenvalue weighted by molar-refractivity contribution is 7.13. The van der Waals surface area contributed by atoms with E-state index < -0.39 is 0 Å². The Morgan fingerprint density at radius 3 is 2.65 bits per heavy atom. The molecule has 0 N–H and O–H groups in total. The first-order valence-corrected chi connectivity index (χ1v) is 7.73. The molecule has 2 aromatic rings. The van der Waals surface area contributed by atoms with Gasteiger partial charge in [0.2, 0.25) is 0 Å². The maximum Gasteiger partial charge on any atom is 0.129 e. The van der Waals surface area contributed by atoms with Crippen LogP contribution in [0.4, 0.5) is 4.39 Å². The molecule has 0 spiro atoms. The second-order valence-corrected chi connectivity index (χ2v) is 6.61. The van der Waals surface area contributed by atoms with E-state index in [1.165, 1.54) is 17.4 Å². The fraction of sp³-hybridized carbons (Fsp3) is 0.400. The van der Waals surface area contributed by atoms with E-state index in [1.54, 1.807) is 6.07 Å². The molecule has 0 radical (unpaired) electrons. The summed E-state index contributed by atoms with van der Waals surface area (Å²) >= 11 is 7.19. The van der Waals surface area contributed by atoms with E-state index in [-0.39, 0.29) is 18.0 Å². The molecule has 108 valence electrons. The summed E-state index contributed by atoms with van der Waals surface area (Å²) in [7, 11) is 0. The van der Waals surface area contributed by atoms with E-state index in [9.17, 15) is 4.39 Å². The van der Waals surface area contributed by atoms with Crippen molar-refractivity contribution < 1.29 is 9.13 Å². The van der Waals surface area contributed by atoms with E-state index in [0.717, 1.165) is 16.3 Å². The van der Waals surface area contributed by atoms with Crippen molar-refractivity contribution in [3.8, 4) is 10.6 Å². The Bertz CT molecular complexity index is 592. The average molecular weight is 314 g/mol. The number of ether oxygens (including phenoxy) is 1. The van der Waals surface area contributed by atoms with Crippen molar-refractivity contribution >= 4 is 22.9 Å². The lowest BCUT2D eigenvalue weighted by Crippen LogP contribution is -2.19. The highest BCUT2D eigenvalue weighted by atomic mass is 35.5. The zero-order chi connectivity index (χ0) is 14.8. The van der Waals surface area contributed by atoms with E-state index >= 15 is 0 Å². The summed E-state index contributed by atoms with van der Waals surface area (Å²) in [5.74, 6) is 0.102. The van der Waals surface area contributed by atoms with Gasteiger partial charge in [-0.25, -0.2) is 9.37 Å². The van der Waals surface area contributed by atoms with Crippen molar-refractivity contribution in [3.05, 3.63) is 40.7 Å². The van der Waals surface area contributed by atoms with Crippen molar-refractivity contribution in [2.45, 2.75) is 38.9 Å². The number of hydrogen-bond donors (Lipinski definition) is 0. The molecule has 1 aromatic carbocycles. The zero-order valence-electron chi connectivity index (χ0n) is 11.7. The van der Waals surface area contributed by atoms with Gasteiger partial charge in [0, 0.05) is 16.5 Å². The van der Waals surface area contributed by atoms with Crippen molar-refractivity contribution in [3.63, 3.8) is 0 Å². The molecule has 0 atom stereocenters. The fourth-order valence-electron chi connectivity index (χ4n) is 1.59. The molecule has 2 rings (SSSR count). The summed E-state index contributed by atoms with van der Waals surface area (Å²) in [6.45, 7) is 6.11. The highest BCUT2D eigenvalue weighted by Crippen LogP contribution is 2.26. The van der Waals surface area contributed by atoms with E-state index in [0.29, 0.717) is 11.4 Å². The first kappa shape index (κ1) is 15.4. The van der Waals surface area contributed by atoms with Crippen LogP contribution in [0.15, 0.2) is 23.6 Å². The monoisotopic (exact) mass is 313 g/mol. The Morgan fingerprint density at radius 1 is 1.35 bits per heavy atom. The van der Waals surface area contributed by atoms with Crippen molar-refractivity contribution in [2.24, 2.45) is 0 Å². The lowest BCUT2D eigenvalue weighted by Gasteiger charge is -2.19. The SMILES string of the molecule is CC(C)(C)OCc1ccc(-c2nc(CCl)cs2)cc1F. The maximum absolute atomic E-state index is 14.1. The third kappa shape index (κ3) is 4.01. The minimum atomic E-state index is -0.282. The lowest BCUT2D eigenvalue weighted by atomic mass is 10.1. The van der Waals surface area contributed by atoms with Crippen molar-refractivity contribution in [2.75, 3.05) is 0 Å². The molecule has 5 heteroatoms. The van der Waals surface area contributed by atoms with E-state index in [2.05, 4.69) is 4.98 Å². The van der Waals surface area contributed by atoms with Crippen LogP contribution in [-0.4, -0.2) is 10.6 Å². The molecule has 2 nitrogen and oxygen atoms in total. The van der Waals surface area contributed by atoms with Gasteiger partial charge < -0.3 is 4.74 Å². The third-order valence-electron chi connectivity index (χ3n) is 2.65. The van der Waals surface area contributed by atoms with Gasteiger partial charge in [-0.15, -0.1) is 22.9 Å². The zero-order valence-corrected chi connectivity index (χ0v) is 13.3. The normalized spacial score (nSPS) is 11.8. The summed E-state index contributed by atoms with van der Waals surface area (Å²) in [4.78, 5) is 4.34. The van der Waals surface area contributed by atoms with Crippen LogP contribution in [0.2, 0.25) is 0 Å². The first-order valence-electron chi connectivity index (χ1n) is 6.32. The molecule has 0 amide bonds. The number of benzene rings is 1. The van der Waals surface area contributed by atoms with Crippen LogP contribution >= 0.6 is 22.9 Å². The van der Waals surface area contributed by atoms with Crippen molar-refractivity contribution in [1.29, 1.82) is 0 Å². The number of aromatic nitrogens is 1. The Kier molecular flexibility index (Phi) is 4.78. The predicted octanol–water partition coefficient (Wildman–Crippen LogP) is 5.00. The van der Waals surface area contributed by atoms with Gasteiger partial charge in [0.05, 0.1) is 23.8 Å². The topological polar surface area (TPSA) is 22.1 Å². The van der Waals surface area contributed by atoms with Crippen molar-refractivity contribution in [1.82, 2.24) is 4.98 Å². The predicted molar refractivity (Wildman–Crippen MR) is 81.6 cm³/mol. The second kappa shape index (κ2) is 6.20. The maximum atomic E-state index is 14.1. The molecule has 0 aliphatic carbocycles. The standard InChI is InChI=1S/C15H17ClFNOS/c1-15(2,3)19-8-11-5-4-10(6-13(11)17)14-18-12(7-16)9-20-14/h4-6,9H,7-8H2,1-3H3. The molecule has 0 aliphatic rings. The van der Waals surface area contributed by atoms with Crippen LogP contribution in [0.1, 0.15) is 32.0 Å². The Balaban J connectivity index is 2.17. The van der Waals surface area contributed by atoms with Crippen LogP contribution in [0, 0.1) is 5.82 Å². The minimum absolute atomic E-state index is 0.264. The van der Waals surface area contributed by atoms with Gasteiger partial charge in [0.25, 0.3) is 0 Å². The summed E-state index contributed by atoms with van der Waals surface area (Å²) in [5, 5.41) is 2.67. The minimum Gasteiger partial charge on any atom is -0.371 e. The number of thiazole rings is 1. The van der Waals surface area contributed by atoms with Gasteiger partial charge >= 0.3 is 0 Å². The Morgan fingerprint density at radius 2 is 2.10 bits per heavy atom. The van der Waals surface area contributed by atoms with E-state index in [4.69, 9.17) is 16.3 Å². The summed E-state index contributed by atoms with van der Waals surface area (Å²) in [6, 6.07) is 5.11. The van der Waals surface area contributed by atoms with Crippen LogP contribution in [0.3, 0.4) is 0 Å². The van der Waals surface area contributed by atoms with Crippen LogP contribution < -0.4 is 0 Å². The van der Waals surface area contributed by atoms with Gasteiger partial charge in [-0.2, -0.15) is 0 Å².